The molecule has 0 saturated carbocycles. The molecule has 4 rings (SSSR count). The molecule has 1 unspecified atom stereocenters. The van der Waals surface area contributed by atoms with Gasteiger partial charge in [0.15, 0.2) is 0 Å². The Morgan fingerprint density at radius 1 is 0.692 bits per heavy atom. The first kappa shape index (κ1) is 17.0. The molecule has 0 bridgehead atoms. The quantitative estimate of drug-likeness (QED) is 0.746. The summed E-state index contributed by atoms with van der Waals surface area (Å²) >= 11 is 0. The number of aliphatic hydroxyl groups is 1. The maximum absolute atomic E-state index is 11.2. The summed E-state index contributed by atoms with van der Waals surface area (Å²) in [7, 11) is 2.27. The maximum Gasteiger partial charge on any atom is 0.123 e. The zero-order valence-electron chi connectivity index (χ0n) is 15.1. The Labute approximate surface area is 155 Å². The van der Waals surface area contributed by atoms with Gasteiger partial charge in [-0.2, -0.15) is 0 Å². The first-order chi connectivity index (χ1) is 12.8. The molecule has 5 atom stereocenters. The van der Waals surface area contributed by atoms with E-state index < -0.39 is 0 Å². The van der Waals surface area contributed by atoms with Gasteiger partial charge in [-0.15, -0.1) is 0 Å². The van der Waals surface area contributed by atoms with Gasteiger partial charge in [-0.25, -0.2) is 0 Å². The van der Waals surface area contributed by atoms with E-state index in [1.54, 1.807) is 0 Å². The number of piperidine rings is 1. The van der Waals surface area contributed by atoms with Gasteiger partial charge in [0, 0.05) is 17.5 Å². The standard InChI is InChI=1S/C24H25NO/c1-25-21(18-11-5-2-6-12-18)17-22(26)23(19-13-7-3-8-14-19)24(25)20-15-9-4-10-16-20/h2-16,21-24,26H,17H2,1H3/p+1/t21-,22-,23-,24-/m0/s1. The minimum absolute atomic E-state index is 0.0959. The summed E-state index contributed by atoms with van der Waals surface area (Å²) in [4.78, 5) is 1.45. The predicted molar refractivity (Wildman–Crippen MR) is 105 cm³/mol. The van der Waals surface area contributed by atoms with Crippen LogP contribution in [0.1, 0.15) is 41.1 Å². The number of hydrogen-bond donors (Lipinski definition) is 2. The third-order valence-electron chi connectivity index (χ3n) is 5.84. The van der Waals surface area contributed by atoms with Crippen LogP contribution in [0.25, 0.3) is 0 Å². The molecule has 1 aliphatic heterocycles. The highest BCUT2D eigenvalue weighted by Crippen LogP contribution is 2.39. The lowest BCUT2D eigenvalue weighted by atomic mass is 9.75. The first-order valence-electron chi connectivity index (χ1n) is 9.42. The zero-order chi connectivity index (χ0) is 17.9. The number of nitrogens with one attached hydrogen (secondary N) is 1. The smallest absolute Gasteiger partial charge is 0.123 e. The molecule has 1 heterocycles. The van der Waals surface area contributed by atoms with Crippen LogP contribution >= 0.6 is 0 Å². The van der Waals surface area contributed by atoms with E-state index in [-0.39, 0.29) is 24.1 Å². The van der Waals surface area contributed by atoms with Crippen LogP contribution < -0.4 is 4.90 Å². The average Bonchev–Trinajstić information content (AvgIpc) is 2.71. The van der Waals surface area contributed by atoms with Gasteiger partial charge in [-0.05, 0) is 5.56 Å². The molecule has 3 aromatic rings. The van der Waals surface area contributed by atoms with E-state index in [0.29, 0.717) is 0 Å². The Bertz CT molecular complexity index is 819. The molecule has 26 heavy (non-hydrogen) atoms. The van der Waals surface area contributed by atoms with Crippen LogP contribution in [0.4, 0.5) is 0 Å². The highest BCUT2D eigenvalue weighted by atomic mass is 16.3. The molecule has 0 aromatic heterocycles. The molecule has 132 valence electrons. The fraction of sp³-hybridized carbons (Fsp3) is 0.250. The number of likely N-dealkylation sites (N-methyl/N-ethyl adjacent to an activating group) is 1. The van der Waals surface area contributed by atoms with Crippen LogP contribution in [-0.2, 0) is 0 Å². The largest absolute Gasteiger partial charge is 0.392 e. The summed E-state index contributed by atoms with van der Waals surface area (Å²) in [6.07, 6.45) is 0.412. The van der Waals surface area contributed by atoms with E-state index in [4.69, 9.17) is 0 Å². The molecule has 2 nitrogen and oxygen atoms in total. The van der Waals surface area contributed by atoms with Gasteiger partial charge >= 0.3 is 0 Å². The van der Waals surface area contributed by atoms with E-state index in [1.807, 2.05) is 6.07 Å². The Kier molecular flexibility index (Phi) is 4.87. The second kappa shape index (κ2) is 7.45. The fourth-order valence-electron chi connectivity index (χ4n) is 4.60. The third kappa shape index (κ3) is 3.18. The fourth-order valence-corrected chi connectivity index (χ4v) is 4.60. The maximum atomic E-state index is 11.2. The average molecular weight is 344 g/mol. The van der Waals surface area contributed by atoms with Gasteiger partial charge in [-0.1, -0.05) is 91.0 Å². The van der Waals surface area contributed by atoms with Crippen molar-refractivity contribution in [1.29, 1.82) is 0 Å². The Balaban J connectivity index is 1.78. The lowest BCUT2D eigenvalue weighted by molar-refractivity contribution is -0.952. The molecule has 0 amide bonds. The minimum Gasteiger partial charge on any atom is -0.392 e. The number of benzene rings is 3. The van der Waals surface area contributed by atoms with E-state index in [9.17, 15) is 5.11 Å². The van der Waals surface area contributed by atoms with Crippen molar-refractivity contribution in [2.45, 2.75) is 30.5 Å². The number of rotatable bonds is 3. The van der Waals surface area contributed by atoms with E-state index >= 15 is 0 Å². The lowest BCUT2D eigenvalue weighted by Gasteiger charge is -2.44. The summed E-state index contributed by atoms with van der Waals surface area (Å²) in [5, 5.41) is 11.2. The Hall–Kier alpha value is -2.42. The van der Waals surface area contributed by atoms with Gasteiger partial charge < -0.3 is 10.0 Å². The summed E-state index contributed by atoms with van der Waals surface area (Å²) in [6, 6.07) is 32.3. The van der Waals surface area contributed by atoms with Crippen molar-refractivity contribution >= 4 is 0 Å². The van der Waals surface area contributed by atoms with Crippen molar-refractivity contribution in [2.24, 2.45) is 0 Å². The topological polar surface area (TPSA) is 24.7 Å². The number of likely N-dealkylation sites (tertiary alicyclic amines) is 1. The van der Waals surface area contributed by atoms with Crippen molar-refractivity contribution < 1.29 is 10.0 Å². The number of quaternary nitrogens is 1. The SMILES string of the molecule is C[NH+]1[C@H](c2ccccc2)C[C@H](O)[C@H](c2ccccc2)[C@@H]1c1ccccc1. The van der Waals surface area contributed by atoms with Crippen LogP contribution in [0.5, 0.6) is 0 Å². The van der Waals surface area contributed by atoms with Crippen molar-refractivity contribution in [1.82, 2.24) is 0 Å². The second-order valence-electron chi connectivity index (χ2n) is 7.34. The van der Waals surface area contributed by atoms with E-state index in [0.717, 1.165) is 6.42 Å². The van der Waals surface area contributed by atoms with Gasteiger partial charge in [0.25, 0.3) is 0 Å². The van der Waals surface area contributed by atoms with Gasteiger partial charge in [-0.3, -0.25) is 0 Å². The molecular weight excluding hydrogens is 318 g/mol. The van der Waals surface area contributed by atoms with Crippen molar-refractivity contribution in [2.75, 3.05) is 7.05 Å². The van der Waals surface area contributed by atoms with Gasteiger partial charge in [0.2, 0.25) is 0 Å². The summed E-state index contributed by atoms with van der Waals surface area (Å²) in [5.41, 5.74) is 3.81. The number of hydrogen-bond acceptors (Lipinski definition) is 1. The molecule has 0 spiro atoms. The molecule has 2 N–H and O–H groups in total. The molecule has 1 aliphatic rings. The van der Waals surface area contributed by atoms with Crippen molar-refractivity contribution in [3.63, 3.8) is 0 Å². The monoisotopic (exact) mass is 344 g/mol. The molecule has 1 saturated heterocycles. The van der Waals surface area contributed by atoms with Crippen LogP contribution in [0.2, 0.25) is 0 Å². The first-order valence-corrected chi connectivity index (χ1v) is 9.42. The van der Waals surface area contributed by atoms with E-state index in [2.05, 4.69) is 92.0 Å². The molecular formula is C24H26NO+. The van der Waals surface area contributed by atoms with Crippen LogP contribution in [0.3, 0.4) is 0 Å². The third-order valence-corrected chi connectivity index (χ3v) is 5.84. The van der Waals surface area contributed by atoms with Gasteiger partial charge in [0.05, 0.1) is 19.1 Å². The summed E-state index contributed by atoms with van der Waals surface area (Å²) in [6.45, 7) is 0. The molecule has 3 aromatic carbocycles. The van der Waals surface area contributed by atoms with Crippen molar-refractivity contribution in [3.8, 4) is 0 Å². The summed E-state index contributed by atoms with van der Waals surface area (Å²) in [5.74, 6) is 0.0959. The normalized spacial score (nSPS) is 28.6. The highest BCUT2D eigenvalue weighted by molar-refractivity contribution is 5.29. The van der Waals surface area contributed by atoms with Crippen LogP contribution in [0, 0.1) is 0 Å². The summed E-state index contributed by atoms with van der Waals surface area (Å²) < 4.78 is 0. The number of aliphatic hydroxyl groups excluding tert-OH is 1. The molecule has 2 heteroatoms. The Morgan fingerprint density at radius 3 is 1.69 bits per heavy atom. The Morgan fingerprint density at radius 2 is 1.15 bits per heavy atom. The minimum atomic E-state index is -0.364. The van der Waals surface area contributed by atoms with E-state index in [1.165, 1.54) is 21.6 Å². The molecule has 1 fully saturated rings. The predicted octanol–water partition coefficient (Wildman–Crippen LogP) is 3.53. The van der Waals surface area contributed by atoms with Crippen LogP contribution in [0.15, 0.2) is 91.0 Å². The highest BCUT2D eigenvalue weighted by Gasteiger charge is 2.46. The van der Waals surface area contributed by atoms with Gasteiger partial charge in [0.1, 0.15) is 12.1 Å². The molecule has 0 aliphatic carbocycles. The molecule has 0 radical (unpaired) electrons. The van der Waals surface area contributed by atoms with Crippen LogP contribution in [-0.4, -0.2) is 18.3 Å². The second-order valence-corrected chi connectivity index (χ2v) is 7.34. The zero-order valence-corrected chi connectivity index (χ0v) is 15.1. The van der Waals surface area contributed by atoms with Crippen molar-refractivity contribution in [3.05, 3.63) is 108 Å². The lowest BCUT2D eigenvalue weighted by Crippen LogP contribution is -3.11.